The molecule has 0 aromatic carbocycles. The van der Waals surface area contributed by atoms with Crippen molar-refractivity contribution in [3.63, 3.8) is 0 Å². The molecule has 0 spiro atoms. The minimum atomic E-state index is -4.54. The summed E-state index contributed by atoms with van der Waals surface area (Å²) >= 11 is 0. The van der Waals surface area contributed by atoms with Crippen molar-refractivity contribution in [1.29, 1.82) is 0 Å². The summed E-state index contributed by atoms with van der Waals surface area (Å²) in [5.41, 5.74) is 0. The smallest absolute Gasteiger partial charge is 0.748 e. The van der Waals surface area contributed by atoms with Crippen LogP contribution in [0.2, 0.25) is 0 Å². The van der Waals surface area contributed by atoms with E-state index in [4.69, 9.17) is 0 Å². The molecule has 0 amide bonds. The fraction of sp³-hybridized carbons (Fsp3) is 0.714. The zero-order valence-electron chi connectivity index (χ0n) is 9.26. The molecule has 16 heavy (non-hydrogen) atoms. The van der Waals surface area contributed by atoms with E-state index in [1.165, 1.54) is 0 Å². The van der Waals surface area contributed by atoms with Crippen LogP contribution >= 0.6 is 0 Å². The molecular weight excluding hydrogens is 251 g/mol. The SMILES string of the molecule is CC(=O)OCC(CS(=O)(=O)[O-])OC(C)=O.[Na+]. The molecule has 0 N–H and O–H groups in total. The van der Waals surface area contributed by atoms with Gasteiger partial charge in [-0.1, -0.05) is 0 Å². The number of hydrogen-bond acceptors (Lipinski definition) is 7. The van der Waals surface area contributed by atoms with Crippen molar-refractivity contribution in [3.8, 4) is 0 Å². The number of esters is 2. The van der Waals surface area contributed by atoms with Gasteiger partial charge in [-0.15, -0.1) is 0 Å². The molecule has 0 aliphatic carbocycles. The maximum atomic E-state index is 10.5. The Labute approximate surface area is 116 Å². The molecule has 9 heteroatoms. The van der Waals surface area contributed by atoms with Crippen molar-refractivity contribution in [3.05, 3.63) is 0 Å². The van der Waals surface area contributed by atoms with Crippen molar-refractivity contribution >= 4 is 22.1 Å². The molecule has 1 atom stereocenters. The van der Waals surface area contributed by atoms with Gasteiger partial charge in [-0.05, 0) is 0 Å². The molecule has 0 aliphatic rings. The average molecular weight is 262 g/mol. The Morgan fingerprint density at radius 3 is 2.06 bits per heavy atom. The van der Waals surface area contributed by atoms with Crippen LogP contribution in [-0.2, 0) is 29.2 Å². The topological polar surface area (TPSA) is 110 Å². The predicted molar refractivity (Wildman–Crippen MR) is 46.8 cm³/mol. The predicted octanol–water partition coefficient (Wildman–Crippen LogP) is -3.97. The van der Waals surface area contributed by atoms with Crippen molar-refractivity contribution in [1.82, 2.24) is 0 Å². The van der Waals surface area contributed by atoms with Gasteiger partial charge < -0.3 is 14.0 Å². The van der Waals surface area contributed by atoms with Gasteiger partial charge in [-0.2, -0.15) is 0 Å². The summed E-state index contributed by atoms with van der Waals surface area (Å²) in [4.78, 5) is 20.9. The third-order valence-electron chi connectivity index (χ3n) is 1.20. The normalized spacial score (nSPS) is 12.2. The second-order valence-electron chi connectivity index (χ2n) is 2.76. The summed E-state index contributed by atoms with van der Waals surface area (Å²) in [5, 5.41) is 0. The van der Waals surface area contributed by atoms with Crippen LogP contribution in [0.3, 0.4) is 0 Å². The molecule has 0 saturated carbocycles. The van der Waals surface area contributed by atoms with Crippen molar-refractivity contribution in [2.75, 3.05) is 12.4 Å². The van der Waals surface area contributed by atoms with E-state index in [1.54, 1.807) is 0 Å². The van der Waals surface area contributed by atoms with Gasteiger partial charge in [0.15, 0.2) is 0 Å². The van der Waals surface area contributed by atoms with Crippen LogP contribution < -0.4 is 29.6 Å². The van der Waals surface area contributed by atoms with Crippen molar-refractivity contribution in [2.45, 2.75) is 20.0 Å². The van der Waals surface area contributed by atoms with Crippen LogP contribution in [0.1, 0.15) is 13.8 Å². The first-order chi connectivity index (χ1) is 6.70. The van der Waals surface area contributed by atoms with Crippen LogP contribution in [0.25, 0.3) is 0 Å². The largest absolute Gasteiger partial charge is 1.00 e. The molecule has 88 valence electrons. The van der Waals surface area contributed by atoms with E-state index < -0.39 is 40.5 Å². The molecule has 0 aromatic heterocycles. The first-order valence-electron chi connectivity index (χ1n) is 3.95. The Kier molecular flexibility index (Phi) is 9.13. The van der Waals surface area contributed by atoms with Gasteiger partial charge in [0, 0.05) is 13.8 Å². The number of carbonyl (C=O) groups excluding carboxylic acids is 2. The second kappa shape index (κ2) is 8.02. The molecule has 0 radical (unpaired) electrons. The standard InChI is InChI=1S/C7H12O7S.Na/c1-5(8)13-3-7(14-6(2)9)4-15(10,11)12;/h7H,3-4H2,1-2H3,(H,10,11,12);/q;+1/p-1. The Bertz CT molecular complexity index is 337. The van der Waals surface area contributed by atoms with Crippen molar-refractivity contribution in [2.24, 2.45) is 0 Å². The average Bonchev–Trinajstić information content (AvgIpc) is 1.95. The minimum Gasteiger partial charge on any atom is -0.748 e. The van der Waals surface area contributed by atoms with E-state index in [-0.39, 0.29) is 29.6 Å². The zero-order chi connectivity index (χ0) is 12.1. The second-order valence-corrected chi connectivity index (χ2v) is 4.21. The molecule has 7 nitrogen and oxygen atoms in total. The summed E-state index contributed by atoms with van der Waals surface area (Å²) in [7, 11) is -4.54. The van der Waals surface area contributed by atoms with Crippen LogP contribution in [-0.4, -0.2) is 43.4 Å². The molecule has 0 rings (SSSR count). The quantitative estimate of drug-likeness (QED) is 0.282. The first-order valence-corrected chi connectivity index (χ1v) is 5.52. The molecule has 0 aromatic rings. The van der Waals surface area contributed by atoms with Crippen LogP contribution in [0.4, 0.5) is 0 Å². The number of carbonyl (C=O) groups is 2. The summed E-state index contributed by atoms with van der Waals surface area (Å²) in [6.07, 6.45) is -1.26. The summed E-state index contributed by atoms with van der Waals surface area (Å²) in [5.74, 6) is -2.33. The third-order valence-corrected chi connectivity index (χ3v) is 1.98. The number of ether oxygens (including phenoxy) is 2. The molecule has 0 heterocycles. The Morgan fingerprint density at radius 1 is 1.25 bits per heavy atom. The minimum absolute atomic E-state index is 0. The maximum Gasteiger partial charge on any atom is 1.00 e. The van der Waals surface area contributed by atoms with Gasteiger partial charge in [0.1, 0.15) is 12.7 Å². The van der Waals surface area contributed by atoms with E-state index in [0.717, 1.165) is 13.8 Å². The van der Waals surface area contributed by atoms with Gasteiger partial charge in [0.2, 0.25) is 0 Å². The van der Waals surface area contributed by atoms with Gasteiger partial charge in [0.05, 0.1) is 15.9 Å². The monoisotopic (exact) mass is 262 g/mol. The molecule has 0 fully saturated rings. The summed E-state index contributed by atoms with van der Waals surface area (Å²) in [6.45, 7) is 1.71. The molecular formula is C7H11NaO7S. The van der Waals surface area contributed by atoms with E-state index in [2.05, 4.69) is 9.47 Å². The molecule has 1 unspecified atom stereocenters. The fourth-order valence-corrected chi connectivity index (χ4v) is 1.41. The van der Waals surface area contributed by atoms with E-state index in [0.29, 0.717) is 0 Å². The van der Waals surface area contributed by atoms with Gasteiger partial charge in [0.25, 0.3) is 0 Å². The van der Waals surface area contributed by atoms with E-state index in [1.807, 2.05) is 0 Å². The zero-order valence-corrected chi connectivity index (χ0v) is 12.1. The molecule has 0 bridgehead atoms. The summed E-state index contributed by atoms with van der Waals surface area (Å²) in [6, 6.07) is 0. The van der Waals surface area contributed by atoms with Crippen LogP contribution in [0, 0.1) is 0 Å². The van der Waals surface area contributed by atoms with Gasteiger partial charge >= 0.3 is 41.5 Å². The Morgan fingerprint density at radius 2 is 1.75 bits per heavy atom. The third kappa shape index (κ3) is 11.9. The number of hydrogen-bond donors (Lipinski definition) is 0. The van der Waals surface area contributed by atoms with E-state index in [9.17, 15) is 22.6 Å². The van der Waals surface area contributed by atoms with Crippen LogP contribution in [0.5, 0.6) is 0 Å². The van der Waals surface area contributed by atoms with E-state index >= 15 is 0 Å². The fourth-order valence-electron chi connectivity index (χ4n) is 0.789. The summed E-state index contributed by atoms with van der Waals surface area (Å²) < 4.78 is 40.1. The van der Waals surface area contributed by atoms with Gasteiger partial charge in [-0.25, -0.2) is 8.42 Å². The maximum absolute atomic E-state index is 10.5. The number of rotatable bonds is 5. The van der Waals surface area contributed by atoms with Crippen LogP contribution in [0.15, 0.2) is 0 Å². The Hall–Kier alpha value is -0.150. The molecule has 0 saturated heterocycles. The van der Waals surface area contributed by atoms with Gasteiger partial charge in [-0.3, -0.25) is 9.59 Å². The molecule has 0 aliphatic heterocycles. The Balaban J connectivity index is 0. The first kappa shape index (κ1) is 18.2. The van der Waals surface area contributed by atoms with Crippen molar-refractivity contribution < 1.29 is 61.6 Å².